The van der Waals surface area contributed by atoms with Crippen molar-refractivity contribution in [3.8, 4) is 0 Å². The first kappa shape index (κ1) is 24.4. The Morgan fingerprint density at radius 3 is 2.44 bits per heavy atom. The summed E-state index contributed by atoms with van der Waals surface area (Å²) in [5.74, 6) is -0.119. The normalized spacial score (nSPS) is 17.6. The first-order valence-corrected chi connectivity index (χ1v) is 13.4. The van der Waals surface area contributed by atoms with Gasteiger partial charge in [-0.3, -0.25) is 9.69 Å². The van der Waals surface area contributed by atoms with Gasteiger partial charge in [0.15, 0.2) is 0 Å². The van der Waals surface area contributed by atoms with Gasteiger partial charge < -0.3 is 9.88 Å². The second-order valence-electron chi connectivity index (χ2n) is 9.12. The lowest BCUT2D eigenvalue weighted by atomic mass is 10.1. The van der Waals surface area contributed by atoms with E-state index in [4.69, 9.17) is 0 Å². The van der Waals surface area contributed by atoms with E-state index < -0.39 is 10.0 Å². The van der Waals surface area contributed by atoms with Crippen LogP contribution in [0.25, 0.3) is 10.9 Å². The minimum Gasteiger partial charge on any atom is -0.355 e. The third-order valence-corrected chi connectivity index (χ3v) is 8.29. The minimum absolute atomic E-state index is 0.119. The second kappa shape index (κ2) is 10.7. The Bertz CT molecular complexity index is 1220. The zero-order valence-electron chi connectivity index (χ0n) is 20.0. The second-order valence-corrected chi connectivity index (χ2v) is 11.1. The molecule has 0 saturated carbocycles. The summed E-state index contributed by atoms with van der Waals surface area (Å²) >= 11 is 0. The summed E-state index contributed by atoms with van der Waals surface area (Å²) in [5.41, 5.74) is 2.47. The Morgan fingerprint density at radius 1 is 0.941 bits per heavy atom. The molecule has 0 aliphatic carbocycles. The fourth-order valence-corrected chi connectivity index (χ4v) is 6.07. The zero-order chi connectivity index (χ0) is 24.1. The van der Waals surface area contributed by atoms with Crippen molar-refractivity contribution in [1.82, 2.24) is 19.1 Å². The molecule has 34 heavy (non-hydrogen) atoms. The molecule has 4 rings (SSSR count). The molecule has 2 aromatic carbocycles. The third kappa shape index (κ3) is 5.51. The van der Waals surface area contributed by atoms with Gasteiger partial charge in [-0.25, -0.2) is 8.42 Å². The molecule has 0 unspecified atom stereocenters. The fraction of sp³-hybridized carbons (Fsp3) is 0.423. The molecule has 7 nitrogen and oxygen atoms in total. The van der Waals surface area contributed by atoms with E-state index in [9.17, 15) is 13.2 Å². The number of rotatable bonds is 5. The Hall–Kier alpha value is -2.68. The lowest BCUT2D eigenvalue weighted by molar-refractivity contribution is -0.121. The smallest absolute Gasteiger partial charge is 0.243 e. The number of aromatic nitrogens is 1. The maximum absolute atomic E-state index is 13.2. The number of fused-ring (bicyclic) bond motifs is 1. The molecule has 1 N–H and O–H groups in total. The van der Waals surface area contributed by atoms with Crippen LogP contribution in [-0.4, -0.2) is 60.8 Å². The van der Waals surface area contributed by atoms with Crippen molar-refractivity contribution in [2.45, 2.75) is 44.2 Å². The topological polar surface area (TPSA) is 74.6 Å². The molecule has 1 amide bonds. The van der Waals surface area contributed by atoms with Crippen molar-refractivity contribution >= 4 is 26.8 Å². The molecule has 1 saturated heterocycles. The van der Waals surface area contributed by atoms with Crippen LogP contribution in [0.15, 0.2) is 65.7 Å². The molecule has 2 heterocycles. The largest absolute Gasteiger partial charge is 0.355 e. The van der Waals surface area contributed by atoms with Crippen LogP contribution in [0.1, 0.15) is 38.3 Å². The van der Waals surface area contributed by atoms with Crippen molar-refractivity contribution in [2.75, 3.05) is 32.7 Å². The van der Waals surface area contributed by atoms with Crippen LogP contribution in [-0.2, 0) is 21.4 Å². The van der Waals surface area contributed by atoms with Gasteiger partial charge in [0.2, 0.25) is 15.9 Å². The molecule has 1 fully saturated rings. The van der Waals surface area contributed by atoms with E-state index in [2.05, 4.69) is 59.1 Å². The van der Waals surface area contributed by atoms with Gasteiger partial charge in [-0.05, 0) is 50.6 Å². The van der Waals surface area contributed by atoms with Gasteiger partial charge in [-0.2, -0.15) is 4.31 Å². The number of para-hydroxylation sites is 1. The molecule has 8 heteroatoms. The number of benzene rings is 2. The van der Waals surface area contributed by atoms with Crippen molar-refractivity contribution in [3.05, 3.63) is 66.4 Å². The van der Waals surface area contributed by atoms with Crippen molar-refractivity contribution in [3.63, 3.8) is 0 Å². The molecule has 182 valence electrons. The number of carbonyl (C=O) groups excluding carboxylic acids is 1. The highest BCUT2D eigenvalue weighted by atomic mass is 32.2. The van der Waals surface area contributed by atoms with Crippen molar-refractivity contribution in [1.29, 1.82) is 0 Å². The van der Waals surface area contributed by atoms with Crippen LogP contribution < -0.4 is 5.32 Å². The predicted octanol–water partition coefficient (Wildman–Crippen LogP) is 3.63. The zero-order valence-corrected chi connectivity index (χ0v) is 20.8. The summed E-state index contributed by atoms with van der Waals surface area (Å²) in [7, 11) is -3.64. The lowest BCUT2D eigenvalue weighted by Gasteiger charge is -2.24. The minimum atomic E-state index is -3.64. The molecule has 0 atom stereocenters. The van der Waals surface area contributed by atoms with Crippen LogP contribution >= 0.6 is 0 Å². The van der Waals surface area contributed by atoms with E-state index in [1.807, 2.05) is 0 Å². The third-order valence-electron chi connectivity index (χ3n) is 6.37. The van der Waals surface area contributed by atoms with E-state index in [1.54, 1.807) is 30.3 Å². The number of amides is 1. The first-order chi connectivity index (χ1) is 16.4. The van der Waals surface area contributed by atoms with E-state index in [0.29, 0.717) is 25.6 Å². The summed E-state index contributed by atoms with van der Waals surface area (Å²) in [6, 6.07) is 17.3. The summed E-state index contributed by atoms with van der Waals surface area (Å²) in [4.78, 5) is 15.0. The molecular weight excluding hydrogens is 448 g/mol. The summed E-state index contributed by atoms with van der Waals surface area (Å²) < 4.78 is 30.2. The quantitative estimate of drug-likeness (QED) is 0.603. The standard InChI is InChI=1S/C26H34N4O3S/c1-21(2)30-20-22(24-11-6-7-12-25(24)30)19-28-15-8-16-29(17-13-26(31)27-14-18-28)34(32,33)23-9-4-3-5-10-23/h3-7,9-12,20-21H,8,13-19H2,1-2H3,(H,27,31). The molecule has 1 aromatic heterocycles. The van der Waals surface area contributed by atoms with Gasteiger partial charge in [-0.1, -0.05) is 36.4 Å². The molecule has 3 aromatic rings. The van der Waals surface area contributed by atoms with Crippen LogP contribution in [0.2, 0.25) is 0 Å². The highest BCUT2D eigenvalue weighted by Crippen LogP contribution is 2.26. The number of sulfonamides is 1. The molecule has 1 aliphatic rings. The van der Waals surface area contributed by atoms with Gasteiger partial charge in [0.1, 0.15) is 0 Å². The maximum Gasteiger partial charge on any atom is 0.243 e. The van der Waals surface area contributed by atoms with E-state index in [1.165, 1.54) is 20.8 Å². The Labute approximate surface area is 202 Å². The van der Waals surface area contributed by atoms with Gasteiger partial charge in [0.25, 0.3) is 0 Å². The molecule has 1 aliphatic heterocycles. The van der Waals surface area contributed by atoms with Crippen molar-refractivity contribution < 1.29 is 13.2 Å². The van der Waals surface area contributed by atoms with Gasteiger partial charge >= 0.3 is 0 Å². The Morgan fingerprint density at radius 2 is 1.68 bits per heavy atom. The number of hydrogen-bond donors (Lipinski definition) is 1. The number of nitrogens with zero attached hydrogens (tertiary/aromatic N) is 3. The SMILES string of the molecule is CC(C)n1cc(CN2CCCN(S(=O)(=O)c3ccccc3)CCC(=O)NCC2)c2ccccc21. The average Bonchev–Trinajstić information content (AvgIpc) is 3.18. The summed E-state index contributed by atoms with van der Waals surface area (Å²) in [5, 5.41) is 4.20. The van der Waals surface area contributed by atoms with Crippen LogP contribution in [0, 0.1) is 0 Å². The van der Waals surface area contributed by atoms with Crippen LogP contribution in [0.5, 0.6) is 0 Å². The molecule has 0 spiro atoms. The Balaban J connectivity index is 1.53. The highest BCUT2D eigenvalue weighted by Gasteiger charge is 2.25. The summed E-state index contributed by atoms with van der Waals surface area (Å²) in [6.07, 6.45) is 3.09. The maximum atomic E-state index is 13.2. The average molecular weight is 483 g/mol. The molecular formula is C26H34N4O3S. The predicted molar refractivity (Wildman–Crippen MR) is 135 cm³/mol. The first-order valence-electron chi connectivity index (χ1n) is 12.0. The van der Waals surface area contributed by atoms with Crippen LogP contribution in [0.3, 0.4) is 0 Å². The van der Waals surface area contributed by atoms with E-state index in [-0.39, 0.29) is 23.8 Å². The highest BCUT2D eigenvalue weighted by molar-refractivity contribution is 7.89. The summed E-state index contributed by atoms with van der Waals surface area (Å²) in [6.45, 7) is 7.70. The Kier molecular flexibility index (Phi) is 7.70. The molecule has 0 bridgehead atoms. The fourth-order valence-electron chi connectivity index (χ4n) is 4.57. The van der Waals surface area contributed by atoms with Crippen LogP contribution in [0.4, 0.5) is 0 Å². The number of nitrogens with one attached hydrogen (secondary N) is 1. The monoisotopic (exact) mass is 482 g/mol. The number of carbonyl (C=O) groups is 1. The number of hydrogen-bond acceptors (Lipinski definition) is 4. The van der Waals surface area contributed by atoms with Gasteiger partial charge in [0, 0.05) is 62.3 Å². The van der Waals surface area contributed by atoms with E-state index in [0.717, 1.165) is 19.6 Å². The van der Waals surface area contributed by atoms with Gasteiger partial charge in [0.05, 0.1) is 4.90 Å². The molecule has 0 radical (unpaired) electrons. The van der Waals surface area contributed by atoms with Gasteiger partial charge in [-0.15, -0.1) is 0 Å². The lowest BCUT2D eigenvalue weighted by Crippen LogP contribution is -2.36. The van der Waals surface area contributed by atoms with E-state index >= 15 is 0 Å². The van der Waals surface area contributed by atoms with Crippen molar-refractivity contribution in [2.24, 2.45) is 0 Å².